The van der Waals surface area contributed by atoms with E-state index in [4.69, 9.17) is 9.47 Å². The van der Waals surface area contributed by atoms with Gasteiger partial charge in [-0.05, 0) is 130 Å². The van der Waals surface area contributed by atoms with Crippen LogP contribution in [0.25, 0.3) is 0 Å². The standard InChI is InChI=1S/C37H59NO4/c1-23(2)26-13-18-37(32(40)38-22-25-10-9-21-41-25)20-19-35(7)27(31(26)37)11-12-29-34(6)16-15-30(42-24(3)39)33(4,5)28(34)14-17-36(29,35)8/h25-31H,1,9-22H2,2-8H3,(H,38,40)/t25?,26-,27+,28-,29+,30-,31+,34-,35+,36+,37-/m0/s1. The van der Waals surface area contributed by atoms with Gasteiger partial charge in [0, 0.05) is 25.5 Å². The Balaban J connectivity index is 1.31. The van der Waals surface area contributed by atoms with Gasteiger partial charge in [0.15, 0.2) is 0 Å². The minimum Gasteiger partial charge on any atom is -0.462 e. The van der Waals surface area contributed by atoms with Gasteiger partial charge in [-0.2, -0.15) is 0 Å². The number of hydrogen-bond donors (Lipinski definition) is 1. The molecule has 0 bridgehead atoms. The summed E-state index contributed by atoms with van der Waals surface area (Å²) < 4.78 is 11.8. The molecular weight excluding hydrogens is 522 g/mol. The van der Waals surface area contributed by atoms with Crippen molar-refractivity contribution in [3.63, 3.8) is 0 Å². The van der Waals surface area contributed by atoms with Gasteiger partial charge in [0.1, 0.15) is 6.10 Å². The first-order valence-electron chi connectivity index (χ1n) is 17.4. The average Bonchev–Trinajstić information content (AvgIpc) is 3.58. The molecule has 5 heteroatoms. The molecule has 1 N–H and O–H groups in total. The fourth-order valence-corrected chi connectivity index (χ4v) is 13.1. The Bertz CT molecular complexity index is 1110. The smallest absolute Gasteiger partial charge is 0.302 e. The van der Waals surface area contributed by atoms with Gasteiger partial charge < -0.3 is 14.8 Å². The van der Waals surface area contributed by atoms with Gasteiger partial charge in [0.05, 0.1) is 11.5 Å². The third kappa shape index (κ3) is 4.24. The van der Waals surface area contributed by atoms with Crippen molar-refractivity contribution >= 4 is 11.9 Å². The zero-order valence-corrected chi connectivity index (χ0v) is 27.8. The second kappa shape index (κ2) is 10.3. The Kier molecular flexibility index (Phi) is 7.55. The highest BCUT2D eigenvalue weighted by Crippen LogP contribution is 2.77. The number of amides is 1. The average molecular weight is 582 g/mol. The summed E-state index contributed by atoms with van der Waals surface area (Å²) in [7, 11) is 0. The highest BCUT2D eigenvalue weighted by atomic mass is 16.5. The van der Waals surface area contributed by atoms with Crippen molar-refractivity contribution < 1.29 is 19.1 Å². The first-order valence-corrected chi connectivity index (χ1v) is 17.4. The molecule has 0 spiro atoms. The molecule has 5 aliphatic carbocycles. The van der Waals surface area contributed by atoms with E-state index < -0.39 is 0 Å². The van der Waals surface area contributed by atoms with Crippen LogP contribution >= 0.6 is 0 Å². The molecule has 0 aromatic carbocycles. The van der Waals surface area contributed by atoms with E-state index in [0.717, 1.165) is 58.0 Å². The molecule has 11 atom stereocenters. The fourth-order valence-electron chi connectivity index (χ4n) is 13.1. The third-order valence-electron chi connectivity index (χ3n) is 15.3. The number of carbonyl (C=O) groups excluding carboxylic acids is 2. The van der Waals surface area contributed by atoms with Crippen LogP contribution in [0.5, 0.6) is 0 Å². The number of nitrogens with one attached hydrogen (secondary N) is 1. The Hall–Kier alpha value is -1.36. The van der Waals surface area contributed by atoms with E-state index in [1.807, 2.05) is 0 Å². The highest BCUT2D eigenvalue weighted by Gasteiger charge is 2.72. The van der Waals surface area contributed by atoms with Crippen LogP contribution in [0.3, 0.4) is 0 Å². The summed E-state index contributed by atoms with van der Waals surface area (Å²) in [5.74, 6) is 2.76. The second-order valence-electron chi connectivity index (χ2n) is 17.1. The molecule has 1 saturated heterocycles. The van der Waals surface area contributed by atoms with Crippen molar-refractivity contribution in [3.05, 3.63) is 12.2 Å². The maximum atomic E-state index is 14.3. The summed E-state index contributed by atoms with van der Waals surface area (Å²) in [6.45, 7) is 22.4. The molecule has 0 aromatic heterocycles. The van der Waals surface area contributed by atoms with Gasteiger partial charge in [-0.3, -0.25) is 9.59 Å². The van der Waals surface area contributed by atoms with Gasteiger partial charge in [0.25, 0.3) is 0 Å². The van der Waals surface area contributed by atoms with Gasteiger partial charge in [-0.1, -0.05) is 46.8 Å². The van der Waals surface area contributed by atoms with Crippen LogP contribution in [-0.2, 0) is 19.1 Å². The summed E-state index contributed by atoms with van der Waals surface area (Å²) >= 11 is 0. The van der Waals surface area contributed by atoms with Crippen LogP contribution in [0.1, 0.15) is 126 Å². The third-order valence-corrected chi connectivity index (χ3v) is 15.3. The van der Waals surface area contributed by atoms with E-state index in [1.165, 1.54) is 31.3 Å². The molecule has 5 saturated carbocycles. The van der Waals surface area contributed by atoms with Crippen molar-refractivity contribution in [1.29, 1.82) is 0 Å². The molecule has 6 rings (SSSR count). The minimum absolute atomic E-state index is 0.0163. The molecule has 0 radical (unpaired) electrons. The first-order chi connectivity index (χ1) is 19.7. The molecule has 42 heavy (non-hydrogen) atoms. The summed E-state index contributed by atoms with van der Waals surface area (Å²) in [4.78, 5) is 26.3. The molecule has 0 aromatic rings. The number of hydrogen-bond acceptors (Lipinski definition) is 4. The number of allylic oxidation sites excluding steroid dienone is 1. The Morgan fingerprint density at radius 1 is 0.857 bits per heavy atom. The second-order valence-corrected chi connectivity index (χ2v) is 17.1. The van der Waals surface area contributed by atoms with E-state index in [1.54, 1.807) is 6.92 Å². The SMILES string of the molecule is C=C(C)[C@@H]1CC[C@]2(C(=O)NCC3CCCO3)CC[C@]3(C)[C@H](CC[C@@H]4[C@@]5(C)CC[C@H](OC(C)=O)C(C)(C)[C@@H]5CC[C@]43C)[C@@H]12. The summed E-state index contributed by atoms with van der Waals surface area (Å²) in [5.41, 5.74) is 1.71. The molecule has 1 aliphatic heterocycles. The van der Waals surface area contributed by atoms with Gasteiger partial charge in [-0.15, -0.1) is 0 Å². The Morgan fingerprint density at radius 2 is 1.62 bits per heavy atom. The van der Waals surface area contributed by atoms with Crippen LogP contribution in [0, 0.1) is 56.7 Å². The normalized spacial score (nSPS) is 49.2. The quantitative estimate of drug-likeness (QED) is 0.265. The number of rotatable bonds is 5. The first kappa shape index (κ1) is 30.7. The van der Waals surface area contributed by atoms with E-state index in [2.05, 4.69) is 53.4 Å². The molecule has 1 amide bonds. The lowest BCUT2D eigenvalue weighted by Crippen LogP contribution is -2.67. The Labute approximate surface area is 255 Å². The molecule has 5 nitrogen and oxygen atoms in total. The van der Waals surface area contributed by atoms with Crippen LogP contribution in [0.4, 0.5) is 0 Å². The molecular formula is C37H59NO4. The molecule has 236 valence electrons. The summed E-state index contributed by atoms with van der Waals surface area (Å²) in [5, 5.41) is 3.43. The van der Waals surface area contributed by atoms with Gasteiger partial charge in [0.2, 0.25) is 5.91 Å². The van der Waals surface area contributed by atoms with E-state index in [0.29, 0.717) is 42.0 Å². The molecule has 6 aliphatic rings. The van der Waals surface area contributed by atoms with Crippen LogP contribution in [0.15, 0.2) is 12.2 Å². The minimum atomic E-state index is -0.263. The van der Waals surface area contributed by atoms with E-state index in [9.17, 15) is 9.59 Å². The molecule has 6 fully saturated rings. The van der Waals surface area contributed by atoms with Crippen molar-refractivity contribution in [2.75, 3.05) is 13.2 Å². The lowest BCUT2D eigenvalue weighted by molar-refractivity contribution is -0.248. The number of fused-ring (bicyclic) bond motifs is 7. The fraction of sp³-hybridized carbons (Fsp3) is 0.892. The van der Waals surface area contributed by atoms with Crippen molar-refractivity contribution in [2.45, 2.75) is 138 Å². The summed E-state index contributed by atoms with van der Waals surface area (Å²) in [6.07, 6.45) is 13.7. The highest BCUT2D eigenvalue weighted by molar-refractivity contribution is 5.84. The van der Waals surface area contributed by atoms with Crippen molar-refractivity contribution in [3.8, 4) is 0 Å². The topological polar surface area (TPSA) is 64.6 Å². The maximum Gasteiger partial charge on any atom is 0.302 e. The monoisotopic (exact) mass is 581 g/mol. The zero-order chi connectivity index (χ0) is 30.3. The van der Waals surface area contributed by atoms with Crippen LogP contribution in [0.2, 0.25) is 0 Å². The molecule has 1 heterocycles. The lowest BCUT2D eigenvalue weighted by atomic mass is 9.32. The Morgan fingerprint density at radius 3 is 2.29 bits per heavy atom. The van der Waals surface area contributed by atoms with Crippen molar-refractivity contribution in [2.24, 2.45) is 56.7 Å². The van der Waals surface area contributed by atoms with Gasteiger partial charge >= 0.3 is 5.97 Å². The molecule has 1 unspecified atom stereocenters. The maximum absolute atomic E-state index is 14.3. The van der Waals surface area contributed by atoms with E-state index >= 15 is 0 Å². The number of ether oxygens (including phenoxy) is 2. The zero-order valence-electron chi connectivity index (χ0n) is 27.8. The van der Waals surface area contributed by atoms with Crippen LogP contribution < -0.4 is 5.32 Å². The van der Waals surface area contributed by atoms with Gasteiger partial charge in [-0.25, -0.2) is 0 Å². The van der Waals surface area contributed by atoms with Crippen molar-refractivity contribution in [1.82, 2.24) is 5.32 Å². The predicted octanol–water partition coefficient (Wildman–Crippen LogP) is 7.87. The summed E-state index contributed by atoms with van der Waals surface area (Å²) in [6, 6.07) is 0. The number of carbonyl (C=O) groups is 2. The van der Waals surface area contributed by atoms with Crippen LogP contribution in [-0.4, -0.2) is 37.2 Å². The number of esters is 1. The predicted molar refractivity (Wildman–Crippen MR) is 167 cm³/mol. The largest absolute Gasteiger partial charge is 0.462 e. The van der Waals surface area contributed by atoms with E-state index in [-0.39, 0.29) is 45.3 Å². The lowest BCUT2D eigenvalue weighted by Gasteiger charge is -2.72.